The predicted octanol–water partition coefficient (Wildman–Crippen LogP) is 2.87. The Hall–Kier alpha value is -1.51. The normalized spacial score (nSPS) is 19.5. The van der Waals surface area contributed by atoms with E-state index >= 15 is 0 Å². The van der Waals surface area contributed by atoms with Gasteiger partial charge in [0.05, 0.1) is 0 Å². The summed E-state index contributed by atoms with van der Waals surface area (Å²) in [7, 11) is -4.03. The number of rotatable bonds is 6. The van der Waals surface area contributed by atoms with Crippen molar-refractivity contribution >= 4 is 21.6 Å². The summed E-state index contributed by atoms with van der Waals surface area (Å²) in [6.07, 6.45) is 2.54. The van der Waals surface area contributed by atoms with Crippen molar-refractivity contribution in [2.75, 3.05) is 18.4 Å². The van der Waals surface area contributed by atoms with Crippen LogP contribution in [0.25, 0.3) is 0 Å². The molecular weight excluding hydrogens is 369 g/mol. The molecule has 1 aliphatic rings. The van der Waals surface area contributed by atoms with Crippen molar-refractivity contribution in [3.05, 3.63) is 24.0 Å². The second kappa shape index (κ2) is 8.67. The first-order valence-corrected chi connectivity index (χ1v) is 10.8. The van der Waals surface area contributed by atoms with Gasteiger partial charge in [-0.1, -0.05) is 6.92 Å². The summed E-state index contributed by atoms with van der Waals surface area (Å²) in [4.78, 5) is 11.9. The van der Waals surface area contributed by atoms with E-state index in [0.717, 1.165) is 38.1 Å². The summed E-state index contributed by atoms with van der Waals surface area (Å²) in [5.74, 6) is -0.396. The van der Waals surface area contributed by atoms with E-state index in [4.69, 9.17) is 0 Å². The molecule has 0 spiro atoms. The fourth-order valence-electron chi connectivity index (χ4n) is 3.28. The van der Waals surface area contributed by atoms with Crippen LogP contribution in [0, 0.1) is 17.7 Å². The number of hydrogen-bond acceptors (Lipinski definition) is 4. The minimum Gasteiger partial charge on any atom is -0.326 e. The minimum absolute atomic E-state index is 0.202. The van der Waals surface area contributed by atoms with Crippen molar-refractivity contribution in [3.8, 4) is 0 Å². The summed E-state index contributed by atoms with van der Waals surface area (Å²) in [6.45, 7) is 9.00. The van der Waals surface area contributed by atoms with Gasteiger partial charge in [-0.15, -0.1) is 0 Å². The summed E-state index contributed by atoms with van der Waals surface area (Å²) in [5.41, 5.74) is -0.474. The molecule has 1 fully saturated rings. The molecule has 6 nitrogen and oxygen atoms in total. The van der Waals surface area contributed by atoms with Crippen LogP contribution in [0.2, 0.25) is 0 Å². The molecule has 0 aromatic heterocycles. The summed E-state index contributed by atoms with van der Waals surface area (Å²) in [5, 5.41) is 6.04. The number of sulfonamides is 1. The molecule has 2 atom stereocenters. The van der Waals surface area contributed by atoms with Crippen molar-refractivity contribution in [3.63, 3.8) is 0 Å². The van der Waals surface area contributed by atoms with Gasteiger partial charge in [0.15, 0.2) is 0 Å². The van der Waals surface area contributed by atoms with Crippen LogP contribution in [-0.2, 0) is 14.8 Å². The molecule has 1 aliphatic heterocycles. The Morgan fingerprint density at radius 3 is 2.67 bits per heavy atom. The van der Waals surface area contributed by atoms with Gasteiger partial charge in [-0.05, 0) is 76.7 Å². The fourth-order valence-corrected chi connectivity index (χ4v) is 4.80. The lowest BCUT2D eigenvalue weighted by molar-refractivity contribution is -0.117. The Bertz CT molecular complexity index is 769. The number of halogens is 1. The number of anilines is 1. The monoisotopic (exact) mass is 399 g/mol. The maximum atomic E-state index is 14.1. The quantitative estimate of drug-likeness (QED) is 0.686. The third-order valence-electron chi connectivity index (χ3n) is 4.59. The maximum Gasteiger partial charge on any atom is 0.244 e. The number of benzene rings is 1. The average Bonchev–Trinajstić information content (AvgIpc) is 2.55. The predicted molar refractivity (Wildman–Crippen MR) is 104 cm³/mol. The van der Waals surface area contributed by atoms with Crippen molar-refractivity contribution in [2.45, 2.75) is 57.4 Å². The number of carbonyl (C=O) groups is 1. The molecule has 152 valence electrons. The topological polar surface area (TPSA) is 87.3 Å². The van der Waals surface area contributed by atoms with Crippen LogP contribution < -0.4 is 15.4 Å². The molecule has 8 heteroatoms. The van der Waals surface area contributed by atoms with Crippen LogP contribution in [0.5, 0.6) is 0 Å². The van der Waals surface area contributed by atoms with Gasteiger partial charge in [0.25, 0.3) is 0 Å². The molecule has 1 aromatic rings. The zero-order valence-corrected chi connectivity index (χ0v) is 17.2. The first-order valence-electron chi connectivity index (χ1n) is 9.32. The average molecular weight is 400 g/mol. The first-order chi connectivity index (χ1) is 12.5. The van der Waals surface area contributed by atoms with Gasteiger partial charge in [0, 0.05) is 17.6 Å². The van der Waals surface area contributed by atoms with Gasteiger partial charge in [0.2, 0.25) is 15.9 Å². The third kappa shape index (κ3) is 6.55. The van der Waals surface area contributed by atoms with Gasteiger partial charge in [0.1, 0.15) is 10.7 Å². The van der Waals surface area contributed by atoms with Crippen molar-refractivity contribution in [1.82, 2.24) is 10.0 Å². The molecular formula is C19H30FN3O3S. The second-order valence-electron chi connectivity index (χ2n) is 8.34. The number of hydrogen-bond donors (Lipinski definition) is 3. The third-order valence-corrected chi connectivity index (χ3v) is 6.37. The first kappa shape index (κ1) is 21.8. The van der Waals surface area contributed by atoms with E-state index in [1.807, 2.05) is 6.92 Å². The van der Waals surface area contributed by atoms with Crippen LogP contribution in [0.15, 0.2) is 23.1 Å². The van der Waals surface area contributed by atoms with Crippen LogP contribution in [0.4, 0.5) is 10.1 Å². The summed E-state index contributed by atoms with van der Waals surface area (Å²) < 4.78 is 41.4. The van der Waals surface area contributed by atoms with E-state index < -0.39 is 26.3 Å². The molecule has 0 aliphatic carbocycles. The Morgan fingerprint density at radius 2 is 2.07 bits per heavy atom. The Labute approximate surface area is 161 Å². The Kier molecular flexibility index (Phi) is 6.99. The number of amides is 1. The molecule has 2 rings (SSSR count). The Balaban J connectivity index is 2.07. The lowest BCUT2D eigenvalue weighted by atomic mass is 9.85. The van der Waals surface area contributed by atoms with Crippen LogP contribution >= 0.6 is 0 Å². The largest absolute Gasteiger partial charge is 0.326 e. The molecule has 1 aromatic carbocycles. The lowest BCUT2D eigenvalue weighted by Crippen LogP contribution is -2.40. The highest BCUT2D eigenvalue weighted by atomic mass is 32.2. The molecule has 27 heavy (non-hydrogen) atoms. The van der Waals surface area contributed by atoms with Gasteiger partial charge in [-0.25, -0.2) is 17.5 Å². The summed E-state index contributed by atoms with van der Waals surface area (Å²) in [6, 6.07) is 3.59. The lowest BCUT2D eigenvalue weighted by Gasteiger charge is -2.28. The molecule has 1 saturated heterocycles. The standard InChI is InChI=1S/C19H30FN3O3S/c1-13(14-6-5-9-21-12-14)10-18(24)22-15-7-8-16(20)17(11-15)27(25,26)23-19(2,3)4/h7-8,11,13-14,21,23H,5-6,9-10,12H2,1-4H3,(H,22,24). The number of carbonyl (C=O) groups excluding carboxylic acids is 1. The van der Waals surface area contributed by atoms with E-state index in [2.05, 4.69) is 15.4 Å². The smallest absolute Gasteiger partial charge is 0.244 e. The minimum atomic E-state index is -4.03. The van der Waals surface area contributed by atoms with Crippen LogP contribution in [0.3, 0.4) is 0 Å². The van der Waals surface area contributed by atoms with E-state index in [-0.39, 0.29) is 17.5 Å². The molecule has 0 radical (unpaired) electrons. The van der Waals surface area contributed by atoms with Crippen molar-refractivity contribution < 1.29 is 17.6 Å². The van der Waals surface area contributed by atoms with Gasteiger partial charge >= 0.3 is 0 Å². The van der Waals surface area contributed by atoms with Gasteiger partial charge < -0.3 is 10.6 Å². The molecule has 0 saturated carbocycles. The molecule has 2 unspecified atom stereocenters. The van der Waals surface area contributed by atoms with E-state index in [9.17, 15) is 17.6 Å². The van der Waals surface area contributed by atoms with Crippen LogP contribution in [0.1, 0.15) is 47.0 Å². The zero-order valence-electron chi connectivity index (χ0n) is 16.4. The van der Waals surface area contributed by atoms with Gasteiger partial charge in [-0.3, -0.25) is 4.79 Å². The van der Waals surface area contributed by atoms with E-state index in [0.29, 0.717) is 12.3 Å². The molecule has 1 amide bonds. The molecule has 0 bridgehead atoms. The highest BCUT2D eigenvalue weighted by Crippen LogP contribution is 2.24. The number of piperidine rings is 1. The molecule has 1 heterocycles. The van der Waals surface area contributed by atoms with Crippen molar-refractivity contribution in [2.24, 2.45) is 11.8 Å². The Morgan fingerprint density at radius 1 is 1.37 bits per heavy atom. The van der Waals surface area contributed by atoms with Crippen molar-refractivity contribution in [1.29, 1.82) is 0 Å². The van der Waals surface area contributed by atoms with Crippen LogP contribution in [-0.4, -0.2) is 33.0 Å². The van der Waals surface area contributed by atoms with E-state index in [1.54, 1.807) is 20.8 Å². The van der Waals surface area contributed by atoms with Gasteiger partial charge in [-0.2, -0.15) is 0 Å². The summed E-state index contributed by atoms with van der Waals surface area (Å²) >= 11 is 0. The highest BCUT2D eigenvalue weighted by molar-refractivity contribution is 7.89. The zero-order chi connectivity index (χ0) is 20.2. The highest BCUT2D eigenvalue weighted by Gasteiger charge is 2.26. The number of nitrogens with one attached hydrogen (secondary N) is 3. The fraction of sp³-hybridized carbons (Fsp3) is 0.632. The SMILES string of the molecule is CC(CC(=O)Nc1ccc(F)c(S(=O)(=O)NC(C)(C)C)c1)C1CCCNC1. The van der Waals surface area contributed by atoms with E-state index in [1.165, 1.54) is 6.07 Å². The second-order valence-corrected chi connectivity index (χ2v) is 9.99. The molecule has 3 N–H and O–H groups in total. The maximum absolute atomic E-state index is 14.1.